The molecule has 11 nitrogen and oxygen atoms in total. The predicted octanol–water partition coefficient (Wildman–Crippen LogP) is -1.88. The Hall–Kier alpha value is -1.92. The molecular weight excluding hydrogens is 334 g/mol. The van der Waals surface area contributed by atoms with Crippen molar-refractivity contribution in [1.82, 2.24) is 9.97 Å². The lowest BCUT2D eigenvalue weighted by Crippen LogP contribution is -2.65. The van der Waals surface area contributed by atoms with Crippen LogP contribution in [0.2, 0.25) is 0 Å². The number of ether oxygens (including phenoxy) is 2. The molecule has 1 aromatic rings. The first-order valence-electron chi connectivity index (χ1n) is 8.03. The number of nitrogen functional groups attached to an aromatic ring is 1. The molecule has 0 saturated carbocycles. The van der Waals surface area contributed by atoms with E-state index < -0.39 is 35.9 Å². The molecular formula is C14H23N5O6. The first-order chi connectivity index (χ1) is 11.8. The van der Waals surface area contributed by atoms with Crippen LogP contribution in [0.4, 0.5) is 17.5 Å². The minimum absolute atomic E-state index is 0.0635. The van der Waals surface area contributed by atoms with E-state index in [4.69, 9.17) is 15.2 Å². The molecule has 4 atom stereocenters. The molecule has 25 heavy (non-hydrogen) atoms. The Morgan fingerprint density at radius 2 is 2.28 bits per heavy atom. The topological polar surface area (TPSA) is 166 Å². The van der Waals surface area contributed by atoms with Crippen LogP contribution in [-0.2, 0) is 9.47 Å². The van der Waals surface area contributed by atoms with Crippen molar-refractivity contribution in [1.29, 1.82) is 0 Å². The first-order valence-corrected chi connectivity index (χ1v) is 8.03. The van der Waals surface area contributed by atoms with Crippen LogP contribution >= 0.6 is 0 Å². The summed E-state index contributed by atoms with van der Waals surface area (Å²) in [6, 6.07) is 0. The van der Waals surface area contributed by atoms with Crippen molar-refractivity contribution in [3.63, 3.8) is 0 Å². The van der Waals surface area contributed by atoms with Gasteiger partial charge < -0.3 is 40.7 Å². The zero-order valence-corrected chi connectivity index (χ0v) is 14.0. The van der Waals surface area contributed by atoms with E-state index in [0.717, 1.165) is 0 Å². The van der Waals surface area contributed by atoms with Gasteiger partial charge in [-0.15, -0.1) is 0 Å². The van der Waals surface area contributed by atoms with Crippen LogP contribution in [0.5, 0.6) is 0 Å². The third-order valence-corrected chi connectivity index (χ3v) is 4.61. The number of aliphatic hydroxyl groups is 3. The second kappa shape index (κ2) is 6.11. The van der Waals surface area contributed by atoms with Gasteiger partial charge in [0.05, 0.1) is 19.9 Å². The number of hydrogen-bond donors (Lipinski definition) is 6. The quantitative estimate of drug-likeness (QED) is 0.328. The van der Waals surface area contributed by atoms with Crippen molar-refractivity contribution < 1.29 is 24.8 Å². The second-order valence-electron chi connectivity index (χ2n) is 6.22. The lowest BCUT2D eigenvalue weighted by Gasteiger charge is -2.44. The molecule has 0 unspecified atom stereocenters. The highest BCUT2D eigenvalue weighted by Gasteiger charge is 2.67. The number of anilines is 3. The summed E-state index contributed by atoms with van der Waals surface area (Å²) in [6.07, 6.45) is -1.98. The van der Waals surface area contributed by atoms with E-state index in [1.807, 2.05) is 6.92 Å². The molecule has 0 aromatic carbocycles. The van der Waals surface area contributed by atoms with E-state index in [0.29, 0.717) is 6.42 Å². The van der Waals surface area contributed by atoms with Crippen molar-refractivity contribution >= 4 is 17.5 Å². The Labute approximate surface area is 143 Å². The molecule has 0 radical (unpaired) electrons. The Balaban J connectivity index is 2.07. The standard InChI is InChI=1S/C14H23N5O6/c1-3-4-24-14(23)9(21)7(5-20)25-13(14,2)19-6-16-8-10(19)17-12(15)18-11(8)22/h7,9,16,20-21,23H,3-6H2,1-2H3,(H3,15,17,18,22)/t7-,9-,13-,14+/m1/s1. The number of H-pyrrole nitrogens is 1. The van der Waals surface area contributed by atoms with E-state index in [-0.39, 0.29) is 30.7 Å². The Morgan fingerprint density at radius 1 is 1.56 bits per heavy atom. The second-order valence-corrected chi connectivity index (χ2v) is 6.22. The molecule has 1 fully saturated rings. The maximum atomic E-state index is 12.0. The molecule has 0 aliphatic carbocycles. The summed E-state index contributed by atoms with van der Waals surface area (Å²) < 4.78 is 11.3. The van der Waals surface area contributed by atoms with Crippen LogP contribution in [0.1, 0.15) is 20.3 Å². The van der Waals surface area contributed by atoms with Gasteiger partial charge in [-0.1, -0.05) is 6.92 Å². The summed E-state index contributed by atoms with van der Waals surface area (Å²) in [4.78, 5) is 20.0. The van der Waals surface area contributed by atoms with Gasteiger partial charge in [-0.25, -0.2) is 0 Å². The van der Waals surface area contributed by atoms with E-state index in [2.05, 4.69) is 15.3 Å². The number of hydrogen-bond acceptors (Lipinski definition) is 10. The molecule has 7 N–H and O–H groups in total. The van der Waals surface area contributed by atoms with E-state index >= 15 is 0 Å². The lowest BCUT2D eigenvalue weighted by atomic mass is 9.97. The third-order valence-electron chi connectivity index (χ3n) is 4.61. The summed E-state index contributed by atoms with van der Waals surface area (Å²) in [5.74, 6) is -2.09. The molecule has 1 saturated heterocycles. The maximum absolute atomic E-state index is 12.0. The molecule has 2 aliphatic rings. The van der Waals surface area contributed by atoms with Gasteiger partial charge in [-0.2, -0.15) is 4.98 Å². The monoisotopic (exact) mass is 357 g/mol. The predicted molar refractivity (Wildman–Crippen MR) is 87.8 cm³/mol. The number of aliphatic hydroxyl groups excluding tert-OH is 2. The average molecular weight is 357 g/mol. The zero-order valence-electron chi connectivity index (χ0n) is 14.0. The highest BCUT2D eigenvalue weighted by atomic mass is 16.7. The fraction of sp³-hybridized carbons (Fsp3) is 0.714. The van der Waals surface area contributed by atoms with Crippen LogP contribution in [-0.4, -0.2) is 68.9 Å². The van der Waals surface area contributed by atoms with E-state index in [1.165, 1.54) is 11.8 Å². The number of aromatic nitrogens is 2. The van der Waals surface area contributed by atoms with Crippen molar-refractivity contribution in [3.8, 4) is 0 Å². The van der Waals surface area contributed by atoms with Crippen LogP contribution in [0, 0.1) is 0 Å². The highest BCUT2D eigenvalue weighted by molar-refractivity contribution is 5.72. The van der Waals surface area contributed by atoms with Gasteiger partial charge in [0.25, 0.3) is 5.56 Å². The number of fused-ring (bicyclic) bond motifs is 1. The molecule has 3 rings (SSSR count). The van der Waals surface area contributed by atoms with E-state index in [9.17, 15) is 20.1 Å². The molecule has 1 aromatic heterocycles. The molecule has 3 heterocycles. The maximum Gasteiger partial charge on any atom is 0.277 e. The fourth-order valence-electron chi connectivity index (χ4n) is 3.26. The van der Waals surface area contributed by atoms with Crippen molar-refractivity contribution in [3.05, 3.63) is 10.4 Å². The van der Waals surface area contributed by atoms with Crippen molar-refractivity contribution in [2.24, 2.45) is 0 Å². The fourth-order valence-corrected chi connectivity index (χ4v) is 3.26. The normalized spacial score (nSPS) is 34.2. The minimum Gasteiger partial charge on any atom is -0.394 e. The smallest absolute Gasteiger partial charge is 0.277 e. The number of nitrogens with one attached hydrogen (secondary N) is 2. The van der Waals surface area contributed by atoms with Gasteiger partial charge in [-0.3, -0.25) is 9.78 Å². The van der Waals surface area contributed by atoms with Gasteiger partial charge in [0.2, 0.25) is 11.7 Å². The molecule has 0 amide bonds. The number of nitrogens with two attached hydrogens (primary N) is 1. The number of nitrogens with zero attached hydrogens (tertiary/aromatic N) is 2. The third kappa shape index (κ3) is 2.47. The van der Waals surface area contributed by atoms with Gasteiger partial charge in [0, 0.05) is 0 Å². The highest BCUT2D eigenvalue weighted by Crippen LogP contribution is 2.46. The van der Waals surface area contributed by atoms with Gasteiger partial charge in [0.1, 0.15) is 17.9 Å². The zero-order chi connectivity index (χ0) is 18.4. The van der Waals surface area contributed by atoms with Gasteiger partial charge in [-0.05, 0) is 13.3 Å². The van der Waals surface area contributed by atoms with Crippen LogP contribution < -0.4 is 21.5 Å². The van der Waals surface area contributed by atoms with Crippen molar-refractivity contribution in [2.75, 3.05) is 35.8 Å². The Bertz CT molecular complexity index is 713. The molecule has 2 aliphatic heterocycles. The molecule has 0 bridgehead atoms. The van der Waals surface area contributed by atoms with Crippen LogP contribution in [0.15, 0.2) is 4.79 Å². The first kappa shape index (κ1) is 17.9. The Morgan fingerprint density at radius 3 is 2.92 bits per heavy atom. The minimum atomic E-state index is -2.15. The Kier molecular flexibility index (Phi) is 4.37. The number of rotatable bonds is 5. The molecule has 0 spiro atoms. The summed E-state index contributed by atoms with van der Waals surface area (Å²) in [7, 11) is 0. The summed E-state index contributed by atoms with van der Waals surface area (Å²) in [6.45, 7) is 3.05. The largest absolute Gasteiger partial charge is 0.394 e. The van der Waals surface area contributed by atoms with Crippen LogP contribution in [0.25, 0.3) is 0 Å². The molecule has 11 heteroatoms. The average Bonchev–Trinajstić information content (AvgIpc) is 3.07. The summed E-state index contributed by atoms with van der Waals surface area (Å²) >= 11 is 0. The van der Waals surface area contributed by atoms with Gasteiger partial charge in [0.15, 0.2) is 11.5 Å². The van der Waals surface area contributed by atoms with Crippen molar-refractivity contribution in [2.45, 2.75) is 44.0 Å². The number of aromatic amines is 1. The SMILES string of the molecule is CCCO[C@@]1(O)[C@H](O)[C@@H](CO)O[C@@]1(C)N1CNc2c1nc(N)[nH]c2=O. The van der Waals surface area contributed by atoms with E-state index in [1.54, 1.807) is 0 Å². The lowest BCUT2D eigenvalue weighted by molar-refractivity contribution is -0.290. The summed E-state index contributed by atoms with van der Waals surface area (Å²) in [5, 5.41) is 33.9. The summed E-state index contributed by atoms with van der Waals surface area (Å²) in [5.41, 5.74) is 3.69. The van der Waals surface area contributed by atoms with Crippen LogP contribution in [0.3, 0.4) is 0 Å². The van der Waals surface area contributed by atoms with Gasteiger partial charge >= 0.3 is 0 Å². The molecule has 140 valence electrons.